The molecule has 12 heavy (non-hydrogen) atoms. The van der Waals surface area contributed by atoms with E-state index in [0.29, 0.717) is 5.92 Å². The van der Waals surface area contributed by atoms with Gasteiger partial charge in [-0.15, -0.1) is 0 Å². The van der Waals surface area contributed by atoms with Gasteiger partial charge in [0.15, 0.2) is 0 Å². The summed E-state index contributed by atoms with van der Waals surface area (Å²) in [5.74, 6) is 0.506. The molecule has 64 valence electrons. The summed E-state index contributed by atoms with van der Waals surface area (Å²) in [5.41, 5.74) is 1.28. The minimum Gasteiger partial charge on any atom is -0.346 e. The lowest BCUT2D eigenvalue weighted by atomic mass is 9.99. The van der Waals surface area contributed by atoms with Gasteiger partial charge in [0.2, 0.25) is 0 Å². The molecule has 2 N–H and O–H groups in total. The normalized spacial score (nSPS) is 22.9. The monoisotopic (exact) mass is 166 g/mol. The largest absolute Gasteiger partial charge is 0.346 e. The lowest BCUT2D eigenvalue weighted by Crippen LogP contribution is -2.81. The SMILES string of the molecule is Fc1ccc([C@@H]2CC[NH2+]C2)cc1. The molecule has 0 unspecified atom stereocenters. The Morgan fingerprint density at radius 1 is 1.25 bits per heavy atom. The molecular weight excluding hydrogens is 153 g/mol. The first-order chi connectivity index (χ1) is 5.86. The maximum Gasteiger partial charge on any atom is 0.123 e. The van der Waals surface area contributed by atoms with Gasteiger partial charge in [0.05, 0.1) is 13.1 Å². The molecule has 1 nitrogen and oxygen atoms in total. The number of halogens is 1. The fraction of sp³-hybridized carbons (Fsp3) is 0.400. The molecule has 2 heteroatoms. The van der Waals surface area contributed by atoms with Crippen molar-refractivity contribution in [3.8, 4) is 0 Å². The van der Waals surface area contributed by atoms with Crippen molar-refractivity contribution in [2.24, 2.45) is 0 Å². The van der Waals surface area contributed by atoms with Gasteiger partial charge in [0, 0.05) is 12.3 Å². The van der Waals surface area contributed by atoms with Crippen LogP contribution >= 0.6 is 0 Å². The Hall–Kier alpha value is -0.890. The molecule has 2 rings (SSSR count). The summed E-state index contributed by atoms with van der Waals surface area (Å²) in [6, 6.07) is 6.90. The molecule has 1 aromatic rings. The first-order valence-electron chi connectivity index (χ1n) is 4.43. The highest BCUT2D eigenvalue weighted by Crippen LogP contribution is 2.19. The van der Waals surface area contributed by atoms with Crippen LogP contribution in [0.15, 0.2) is 24.3 Å². The zero-order valence-corrected chi connectivity index (χ0v) is 6.96. The minimum atomic E-state index is -0.138. The molecule has 1 aromatic carbocycles. The van der Waals surface area contributed by atoms with Crippen LogP contribution in [0.4, 0.5) is 4.39 Å². The standard InChI is InChI=1S/C10H12FN/c11-10-3-1-8(2-4-10)9-5-6-12-7-9/h1-4,9,12H,5-7H2/p+1/t9-/m1/s1. The lowest BCUT2D eigenvalue weighted by Gasteiger charge is -2.04. The third kappa shape index (κ3) is 1.48. The highest BCUT2D eigenvalue weighted by molar-refractivity contribution is 5.20. The van der Waals surface area contributed by atoms with Gasteiger partial charge in [-0.1, -0.05) is 12.1 Å². The van der Waals surface area contributed by atoms with Crippen LogP contribution in [0.3, 0.4) is 0 Å². The molecule has 1 saturated heterocycles. The summed E-state index contributed by atoms with van der Waals surface area (Å²) in [4.78, 5) is 0. The van der Waals surface area contributed by atoms with Gasteiger partial charge in [-0.05, 0) is 17.7 Å². The highest BCUT2D eigenvalue weighted by Gasteiger charge is 2.19. The van der Waals surface area contributed by atoms with Gasteiger partial charge in [-0.2, -0.15) is 0 Å². The zero-order valence-electron chi connectivity index (χ0n) is 6.96. The number of rotatable bonds is 1. The molecule has 1 aliphatic rings. The van der Waals surface area contributed by atoms with E-state index in [1.54, 1.807) is 12.1 Å². The fourth-order valence-corrected chi connectivity index (χ4v) is 1.79. The molecule has 0 radical (unpaired) electrons. The topological polar surface area (TPSA) is 16.6 Å². The molecule has 0 aromatic heterocycles. The second-order valence-electron chi connectivity index (χ2n) is 3.35. The molecule has 1 fully saturated rings. The molecule has 1 aliphatic heterocycles. The van der Waals surface area contributed by atoms with Crippen LogP contribution in [0, 0.1) is 5.82 Å². The maximum atomic E-state index is 12.6. The molecule has 0 spiro atoms. The van der Waals surface area contributed by atoms with Crippen LogP contribution in [-0.4, -0.2) is 13.1 Å². The smallest absolute Gasteiger partial charge is 0.123 e. The van der Waals surface area contributed by atoms with Crippen molar-refractivity contribution >= 4 is 0 Å². The molecule has 1 atom stereocenters. The molecule has 1 heterocycles. The Kier molecular flexibility index (Phi) is 2.09. The van der Waals surface area contributed by atoms with E-state index in [1.165, 1.54) is 18.5 Å². The molecule has 0 amide bonds. The number of hydrogen-bond donors (Lipinski definition) is 1. The van der Waals surface area contributed by atoms with E-state index in [4.69, 9.17) is 0 Å². The second kappa shape index (κ2) is 3.23. The Balaban J connectivity index is 2.17. The van der Waals surface area contributed by atoms with Crippen LogP contribution in [0.25, 0.3) is 0 Å². The number of hydrogen-bond acceptors (Lipinski definition) is 0. The van der Waals surface area contributed by atoms with E-state index in [-0.39, 0.29) is 5.82 Å². The second-order valence-corrected chi connectivity index (χ2v) is 3.35. The van der Waals surface area contributed by atoms with E-state index in [0.717, 1.165) is 6.54 Å². The minimum absolute atomic E-state index is 0.138. The van der Waals surface area contributed by atoms with Crippen molar-refractivity contribution in [1.29, 1.82) is 0 Å². The van der Waals surface area contributed by atoms with Crippen LogP contribution in [-0.2, 0) is 0 Å². The maximum absolute atomic E-state index is 12.6. The van der Waals surface area contributed by atoms with Crippen molar-refractivity contribution in [1.82, 2.24) is 0 Å². The van der Waals surface area contributed by atoms with Gasteiger partial charge in [0.25, 0.3) is 0 Å². The number of benzene rings is 1. The lowest BCUT2D eigenvalue weighted by molar-refractivity contribution is -0.636. The Bertz CT molecular complexity index is 249. The average Bonchev–Trinajstić information content (AvgIpc) is 2.58. The van der Waals surface area contributed by atoms with Gasteiger partial charge >= 0.3 is 0 Å². The Morgan fingerprint density at radius 3 is 2.58 bits per heavy atom. The number of quaternary nitrogens is 1. The quantitative estimate of drug-likeness (QED) is 0.637. The van der Waals surface area contributed by atoms with Crippen LogP contribution in [0.1, 0.15) is 17.9 Å². The molecular formula is C10H13FN+. The van der Waals surface area contributed by atoms with Crippen molar-refractivity contribution in [3.05, 3.63) is 35.6 Å². The van der Waals surface area contributed by atoms with E-state index in [1.807, 2.05) is 12.1 Å². The predicted octanol–water partition coefficient (Wildman–Crippen LogP) is 0.876. The molecule has 0 bridgehead atoms. The predicted molar refractivity (Wildman–Crippen MR) is 45.4 cm³/mol. The molecule has 0 aliphatic carbocycles. The van der Waals surface area contributed by atoms with Crippen molar-refractivity contribution < 1.29 is 9.71 Å². The third-order valence-corrected chi connectivity index (χ3v) is 2.51. The van der Waals surface area contributed by atoms with E-state index in [2.05, 4.69) is 5.32 Å². The summed E-state index contributed by atoms with van der Waals surface area (Å²) < 4.78 is 12.6. The van der Waals surface area contributed by atoms with Crippen molar-refractivity contribution in [3.63, 3.8) is 0 Å². The van der Waals surface area contributed by atoms with Crippen LogP contribution in [0.5, 0.6) is 0 Å². The highest BCUT2D eigenvalue weighted by atomic mass is 19.1. The van der Waals surface area contributed by atoms with Crippen LogP contribution < -0.4 is 5.32 Å². The Labute approximate surface area is 71.6 Å². The van der Waals surface area contributed by atoms with E-state index >= 15 is 0 Å². The summed E-state index contributed by atoms with van der Waals surface area (Å²) in [6.45, 7) is 2.37. The van der Waals surface area contributed by atoms with E-state index in [9.17, 15) is 4.39 Å². The summed E-state index contributed by atoms with van der Waals surface area (Å²) >= 11 is 0. The molecule has 0 saturated carbocycles. The van der Waals surface area contributed by atoms with Crippen molar-refractivity contribution in [2.45, 2.75) is 12.3 Å². The van der Waals surface area contributed by atoms with Crippen LogP contribution in [0.2, 0.25) is 0 Å². The average molecular weight is 166 g/mol. The fourth-order valence-electron chi connectivity index (χ4n) is 1.79. The van der Waals surface area contributed by atoms with Crippen molar-refractivity contribution in [2.75, 3.05) is 13.1 Å². The zero-order chi connectivity index (χ0) is 8.39. The summed E-state index contributed by atoms with van der Waals surface area (Å²) in [6.07, 6.45) is 1.23. The van der Waals surface area contributed by atoms with Gasteiger partial charge in [-0.25, -0.2) is 4.39 Å². The first kappa shape index (κ1) is 7.74. The van der Waals surface area contributed by atoms with Gasteiger partial charge in [-0.3, -0.25) is 0 Å². The first-order valence-corrected chi connectivity index (χ1v) is 4.43. The third-order valence-electron chi connectivity index (χ3n) is 2.51. The number of nitrogens with two attached hydrogens (primary N) is 1. The van der Waals surface area contributed by atoms with E-state index < -0.39 is 0 Å². The summed E-state index contributed by atoms with van der Waals surface area (Å²) in [7, 11) is 0. The summed E-state index contributed by atoms with van der Waals surface area (Å²) in [5, 5.41) is 2.31. The van der Waals surface area contributed by atoms with Gasteiger partial charge < -0.3 is 5.32 Å². The Morgan fingerprint density at radius 2 is 2.00 bits per heavy atom. The van der Waals surface area contributed by atoms with Gasteiger partial charge in [0.1, 0.15) is 5.82 Å².